The standard InChI is InChI=1S/C21H24ClN3O3/c1-24(2)21(27)23-17-9-7-15(13-19(17)28-3)20(26)25-11-5-4-6-14-12-16(22)8-10-18(14)25/h7-10,12-13H,4-6,11H2,1-3H3,(H,23,27). The maximum absolute atomic E-state index is 13.3. The smallest absolute Gasteiger partial charge is 0.321 e. The van der Waals surface area contributed by atoms with Crippen LogP contribution >= 0.6 is 11.6 Å². The lowest BCUT2D eigenvalue weighted by molar-refractivity contribution is 0.0986. The summed E-state index contributed by atoms with van der Waals surface area (Å²) in [5.41, 5.74) is 3.00. The first kappa shape index (κ1) is 20.0. The molecule has 0 aliphatic carbocycles. The fourth-order valence-corrected chi connectivity index (χ4v) is 3.44. The summed E-state index contributed by atoms with van der Waals surface area (Å²) < 4.78 is 5.39. The van der Waals surface area contributed by atoms with Gasteiger partial charge in [0, 0.05) is 36.9 Å². The lowest BCUT2D eigenvalue weighted by Crippen LogP contribution is -2.32. The number of methoxy groups -OCH3 is 1. The molecular formula is C21H24ClN3O3. The minimum atomic E-state index is -0.268. The van der Waals surface area contributed by atoms with Crippen molar-refractivity contribution in [2.75, 3.05) is 38.0 Å². The summed E-state index contributed by atoms with van der Waals surface area (Å²) in [6, 6.07) is 10.4. The van der Waals surface area contributed by atoms with Crippen molar-refractivity contribution in [1.82, 2.24) is 4.90 Å². The fraction of sp³-hybridized carbons (Fsp3) is 0.333. The van der Waals surface area contributed by atoms with Gasteiger partial charge in [-0.15, -0.1) is 0 Å². The summed E-state index contributed by atoms with van der Waals surface area (Å²) in [4.78, 5) is 28.4. The van der Waals surface area contributed by atoms with Gasteiger partial charge in [0.1, 0.15) is 5.75 Å². The molecule has 3 rings (SSSR count). The molecule has 28 heavy (non-hydrogen) atoms. The number of halogens is 1. The molecule has 0 aromatic heterocycles. The maximum Gasteiger partial charge on any atom is 0.321 e. The Kier molecular flexibility index (Phi) is 6.09. The molecule has 1 N–H and O–H groups in total. The van der Waals surface area contributed by atoms with E-state index >= 15 is 0 Å². The Balaban J connectivity index is 1.91. The van der Waals surface area contributed by atoms with Gasteiger partial charge in [-0.05, 0) is 61.2 Å². The number of hydrogen-bond donors (Lipinski definition) is 1. The van der Waals surface area contributed by atoms with Crippen LogP contribution in [0.15, 0.2) is 36.4 Å². The molecule has 0 fully saturated rings. The number of benzene rings is 2. The quantitative estimate of drug-likeness (QED) is 0.827. The van der Waals surface area contributed by atoms with Gasteiger partial charge in [0.05, 0.1) is 12.8 Å². The van der Waals surface area contributed by atoms with Gasteiger partial charge >= 0.3 is 6.03 Å². The van der Waals surface area contributed by atoms with Crippen LogP contribution in [-0.2, 0) is 6.42 Å². The number of fused-ring (bicyclic) bond motifs is 1. The average molecular weight is 402 g/mol. The van der Waals surface area contributed by atoms with Gasteiger partial charge in [0.2, 0.25) is 0 Å². The van der Waals surface area contributed by atoms with Crippen molar-refractivity contribution in [3.05, 3.63) is 52.5 Å². The molecule has 3 amide bonds. The maximum atomic E-state index is 13.3. The number of urea groups is 1. The van der Waals surface area contributed by atoms with Crippen molar-refractivity contribution in [3.8, 4) is 5.75 Å². The molecule has 0 spiro atoms. The summed E-state index contributed by atoms with van der Waals surface area (Å²) in [5, 5.41) is 3.44. The van der Waals surface area contributed by atoms with Crippen molar-refractivity contribution < 1.29 is 14.3 Å². The van der Waals surface area contributed by atoms with Gasteiger partial charge in [0.25, 0.3) is 5.91 Å². The third-order valence-corrected chi connectivity index (χ3v) is 4.99. The zero-order valence-corrected chi connectivity index (χ0v) is 17.0. The molecule has 7 heteroatoms. The first-order valence-corrected chi connectivity index (χ1v) is 9.55. The third kappa shape index (κ3) is 4.22. The highest BCUT2D eigenvalue weighted by Crippen LogP contribution is 2.32. The Morgan fingerprint density at radius 3 is 2.64 bits per heavy atom. The Morgan fingerprint density at radius 2 is 1.93 bits per heavy atom. The summed E-state index contributed by atoms with van der Waals surface area (Å²) >= 11 is 6.14. The van der Waals surface area contributed by atoms with Crippen LogP contribution in [0, 0.1) is 0 Å². The average Bonchev–Trinajstić information content (AvgIpc) is 2.89. The van der Waals surface area contributed by atoms with Crippen LogP contribution in [0.3, 0.4) is 0 Å². The zero-order valence-electron chi connectivity index (χ0n) is 16.3. The van der Waals surface area contributed by atoms with Crippen LogP contribution in [0.4, 0.5) is 16.2 Å². The van der Waals surface area contributed by atoms with E-state index in [1.807, 2.05) is 18.2 Å². The Bertz CT molecular complexity index is 898. The number of amides is 3. The molecule has 0 atom stereocenters. The molecule has 1 aliphatic rings. The molecule has 0 saturated carbocycles. The monoisotopic (exact) mass is 401 g/mol. The van der Waals surface area contributed by atoms with E-state index in [0.29, 0.717) is 28.6 Å². The van der Waals surface area contributed by atoms with Crippen molar-refractivity contribution in [3.63, 3.8) is 0 Å². The van der Waals surface area contributed by atoms with E-state index in [4.69, 9.17) is 16.3 Å². The highest BCUT2D eigenvalue weighted by atomic mass is 35.5. The number of hydrogen-bond acceptors (Lipinski definition) is 3. The second-order valence-electron chi connectivity index (χ2n) is 6.93. The largest absolute Gasteiger partial charge is 0.495 e. The van der Waals surface area contributed by atoms with E-state index in [1.54, 1.807) is 37.2 Å². The molecule has 0 saturated heterocycles. The van der Waals surface area contributed by atoms with Crippen LogP contribution in [0.5, 0.6) is 5.75 Å². The summed E-state index contributed by atoms with van der Waals surface area (Å²) in [5.74, 6) is 0.335. The number of ether oxygens (including phenoxy) is 1. The van der Waals surface area contributed by atoms with E-state index in [1.165, 1.54) is 12.0 Å². The van der Waals surface area contributed by atoms with E-state index in [0.717, 1.165) is 30.5 Å². The lowest BCUT2D eigenvalue weighted by Gasteiger charge is -2.24. The normalized spacial score (nSPS) is 13.4. The highest BCUT2D eigenvalue weighted by molar-refractivity contribution is 6.30. The van der Waals surface area contributed by atoms with Gasteiger partial charge < -0.3 is 19.9 Å². The van der Waals surface area contributed by atoms with Crippen LogP contribution in [0.25, 0.3) is 0 Å². The zero-order chi connectivity index (χ0) is 20.3. The molecule has 2 aromatic carbocycles. The Labute approximate surface area is 170 Å². The van der Waals surface area contributed by atoms with Crippen molar-refractivity contribution >= 4 is 34.9 Å². The minimum absolute atomic E-state index is 0.103. The molecule has 6 nitrogen and oxygen atoms in total. The topological polar surface area (TPSA) is 61.9 Å². The van der Waals surface area contributed by atoms with E-state index < -0.39 is 0 Å². The van der Waals surface area contributed by atoms with Gasteiger partial charge in [-0.25, -0.2) is 4.79 Å². The van der Waals surface area contributed by atoms with Crippen molar-refractivity contribution in [1.29, 1.82) is 0 Å². The summed E-state index contributed by atoms with van der Waals surface area (Å²) in [7, 11) is 4.82. The van der Waals surface area contributed by atoms with Crippen LogP contribution in [-0.4, -0.2) is 44.6 Å². The van der Waals surface area contributed by atoms with E-state index in [-0.39, 0.29) is 11.9 Å². The van der Waals surface area contributed by atoms with Gasteiger partial charge in [-0.3, -0.25) is 4.79 Å². The minimum Gasteiger partial charge on any atom is -0.495 e. The first-order valence-electron chi connectivity index (χ1n) is 9.17. The first-order chi connectivity index (χ1) is 13.4. The SMILES string of the molecule is COc1cc(C(=O)N2CCCCc3cc(Cl)ccc32)ccc1NC(=O)N(C)C. The number of aryl methyl sites for hydroxylation is 1. The molecule has 0 bridgehead atoms. The van der Waals surface area contributed by atoms with Crippen molar-refractivity contribution in [2.24, 2.45) is 0 Å². The lowest BCUT2D eigenvalue weighted by atomic mass is 10.1. The van der Waals surface area contributed by atoms with E-state index in [2.05, 4.69) is 5.32 Å². The van der Waals surface area contributed by atoms with E-state index in [9.17, 15) is 9.59 Å². The molecule has 0 unspecified atom stereocenters. The molecule has 0 radical (unpaired) electrons. The van der Waals surface area contributed by atoms with Crippen molar-refractivity contribution in [2.45, 2.75) is 19.3 Å². The fourth-order valence-electron chi connectivity index (χ4n) is 3.24. The number of rotatable bonds is 3. The van der Waals surface area contributed by atoms with Crippen LogP contribution in [0.2, 0.25) is 5.02 Å². The predicted molar refractivity (Wildman–Crippen MR) is 112 cm³/mol. The third-order valence-electron chi connectivity index (χ3n) is 4.75. The number of carbonyl (C=O) groups is 2. The molecular weight excluding hydrogens is 378 g/mol. The number of nitrogens with zero attached hydrogens (tertiary/aromatic N) is 2. The Hall–Kier alpha value is -2.73. The summed E-state index contributed by atoms with van der Waals surface area (Å²) in [6.45, 7) is 0.648. The van der Waals surface area contributed by atoms with Crippen LogP contribution < -0.4 is 15.0 Å². The molecule has 1 aliphatic heterocycles. The molecule has 148 valence electrons. The molecule has 2 aromatic rings. The second-order valence-corrected chi connectivity index (χ2v) is 7.36. The number of anilines is 2. The molecule has 1 heterocycles. The number of carbonyl (C=O) groups excluding carboxylic acids is 2. The van der Waals surface area contributed by atoms with Crippen LogP contribution in [0.1, 0.15) is 28.8 Å². The predicted octanol–water partition coefficient (Wildman–Crippen LogP) is 4.43. The van der Waals surface area contributed by atoms with Gasteiger partial charge in [-0.2, -0.15) is 0 Å². The second kappa shape index (κ2) is 8.52. The van der Waals surface area contributed by atoms with Gasteiger partial charge in [-0.1, -0.05) is 11.6 Å². The highest BCUT2D eigenvalue weighted by Gasteiger charge is 2.23. The Morgan fingerprint density at radius 1 is 1.14 bits per heavy atom. The number of nitrogens with one attached hydrogen (secondary N) is 1. The van der Waals surface area contributed by atoms with Gasteiger partial charge in [0.15, 0.2) is 0 Å². The summed E-state index contributed by atoms with van der Waals surface area (Å²) in [6.07, 6.45) is 2.83.